The second kappa shape index (κ2) is 7.15. The van der Waals surface area contributed by atoms with E-state index >= 15 is 0 Å². The highest BCUT2D eigenvalue weighted by atomic mass is 16.5. The number of nitrogens with zero attached hydrogens (tertiary/aromatic N) is 2. The lowest BCUT2D eigenvalue weighted by Gasteiger charge is -2.32. The fraction of sp³-hybridized carbons (Fsp3) is 0.350. The quantitative estimate of drug-likeness (QED) is 0.765. The number of oxazole rings is 1. The van der Waals surface area contributed by atoms with Crippen molar-refractivity contribution in [2.45, 2.75) is 25.4 Å². The van der Waals surface area contributed by atoms with E-state index in [4.69, 9.17) is 9.15 Å². The lowest BCUT2D eigenvalue weighted by Crippen LogP contribution is -2.38. The summed E-state index contributed by atoms with van der Waals surface area (Å²) in [7, 11) is 1.69. The lowest BCUT2D eigenvalue weighted by atomic mass is 10.0. The predicted octanol–water partition coefficient (Wildman–Crippen LogP) is 3.91. The molecule has 2 aromatic carbocycles. The van der Waals surface area contributed by atoms with Crippen LogP contribution >= 0.6 is 0 Å². The summed E-state index contributed by atoms with van der Waals surface area (Å²) in [5.41, 5.74) is 2.96. The number of rotatable bonds is 5. The minimum Gasteiger partial charge on any atom is -0.497 e. The highest BCUT2D eigenvalue weighted by molar-refractivity contribution is 5.72. The smallest absolute Gasteiger partial charge is 0.209 e. The maximum absolute atomic E-state index is 5.83. The number of aromatic nitrogens is 1. The molecule has 0 bridgehead atoms. The van der Waals surface area contributed by atoms with E-state index in [9.17, 15) is 0 Å². The molecule has 4 rings (SSSR count). The molecule has 0 radical (unpaired) electrons. The number of nitrogens with one attached hydrogen (secondary N) is 1. The predicted molar refractivity (Wildman–Crippen MR) is 98.9 cm³/mol. The van der Waals surface area contributed by atoms with Gasteiger partial charge in [-0.15, -0.1) is 0 Å². The van der Waals surface area contributed by atoms with E-state index in [0.717, 1.165) is 60.9 Å². The molecule has 1 N–H and O–H groups in total. The van der Waals surface area contributed by atoms with Crippen molar-refractivity contribution in [2.75, 3.05) is 25.5 Å². The number of likely N-dealkylation sites (tertiary alicyclic amines) is 1. The highest BCUT2D eigenvalue weighted by Crippen LogP contribution is 2.21. The highest BCUT2D eigenvalue weighted by Gasteiger charge is 2.20. The van der Waals surface area contributed by atoms with Crippen LogP contribution in [-0.2, 0) is 6.54 Å². The molecular weight excluding hydrogens is 314 g/mol. The van der Waals surface area contributed by atoms with Gasteiger partial charge < -0.3 is 14.5 Å². The van der Waals surface area contributed by atoms with Crippen LogP contribution in [0.1, 0.15) is 18.7 Å². The molecule has 1 aliphatic rings. The maximum atomic E-state index is 5.83. The van der Waals surface area contributed by atoms with Crippen LogP contribution in [0.25, 0.3) is 11.1 Å². The summed E-state index contributed by atoms with van der Waals surface area (Å²) in [6.45, 7) is 2.88. The molecule has 0 unspecified atom stereocenters. The summed E-state index contributed by atoms with van der Waals surface area (Å²) in [6, 6.07) is 16.6. The molecule has 1 aromatic heterocycles. The number of piperidine rings is 1. The Bertz CT molecular complexity index is 787. The van der Waals surface area contributed by atoms with Gasteiger partial charge in [0.05, 0.1) is 13.7 Å². The van der Waals surface area contributed by atoms with E-state index in [-0.39, 0.29) is 0 Å². The third kappa shape index (κ3) is 3.77. The largest absolute Gasteiger partial charge is 0.497 e. The SMILES string of the molecule is COc1ccc(NC2CCN(Cc3nc4ccccc4o3)CC2)cc1. The lowest BCUT2D eigenvalue weighted by molar-refractivity contribution is 0.195. The molecule has 0 saturated carbocycles. The van der Waals surface area contributed by atoms with Crippen molar-refractivity contribution in [1.82, 2.24) is 9.88 Å². The Morgan fingerprint density at radius 3 is 2.60 bits per heavy atom. The summed E-state index contributed by atoms with van der Waals surface area (Å²) < 4.78 is 11.0. The number of para-hydroxylation sites is 2. The van der Waals surface area contributed by atoms with Crippen molar-refractivity contribution >= 4 is 16.8 Å². The summed E-state index contributed by atoms with van der Waals surface area (Å²) in [5, 5.41) is 3.62. The molecule has 0 aliphatic carbocycles. The van der Waals surface area contributed by atoms with Crippen LogP contribution in [0.4, 0.5) is 5.69 Å². The van der Waals surface area contributed by atoms with Crippen LogP contribution in [0.15, 0.2) is 52.9 Å². The van der Waals surface area contributed by atoms with E-state index in [0.29, 0.717) is 6.04 Å². The van der Waals surface area contributed by atoms with Gasteiger partial charge in [-0.2, -0.15) is 0 Å². The second-order valence-corrected chi connectivity index (χ2v) is 6.50. The fourth-order valence-electron chi connectivity index (χ4n) is 3.34. The van der Waals surface area contributed by atoms with Crippen LogP contribution in [0.5, 0.6) is 5.75 Å². The van der Waals surface area contributed by atoms with Crippen molar-refractivity contribution < 1.29 is 9.15 Å². The minimum atomic E-state index is 0.508. The second-order valence-electron chi connectivity index (χ2n) is 6.50. The van der Waals surface area contributed by atoms with Gasteiger partial charge in [-0.05, 0) is 49.2 Å². The van der Waals surface area contributed by atoms with E-state index in [1.165, 1.54) is 0 Å². The molecule has 2 heterocycles. The zero-order valence-corrected chi connectivity index (χ0v) is 14.4. The number of ether oxygens (including phenoxy) is 1. The van der Waals surface area contributed by atoms with E-state index in [1.807, 2.05) is 36.4 Å². The van der Waals surface area contributed by atoms with Crippen molar-refractivity contribution in [2.24, 2.45) is 0 Å². The van der Waals surface area contributed by atoms with Gasteiger partial charge in [0.15, 0.2) is 5.58 Å². The molecule has 1 saturated heterocycles. The first-order valence-electron chi connectivity index (χ1n) is 8.77. The van der Waals surface area contributed by atoms with Gasteiger partial charge in [0, 0.05) is 24.8 Å². The summed E-state index contributed by atoms with van der Waals surface area (Å²) in [4.78, 5) is 6.99. The summed E-state index contributed by atoms with van der Waals surface area (Å²) in [6.07, 6.45) is 2.23. The Hall–Kier alpha value is -2.53. The molecule has 0 spiro atoms. The van der Waals surface area contributed by atoms with Crippen molar-refractivity contribution in [3.63, 3.8) is 0 Å². The first-order valence-corrected chi connectivity index (χ1v) is 8.77. The maximum Gasteiger partial charge on any atom is 0.209 e. The average molecular weight is 337 g/mol. The third-order valence-electron chi connectivity index (χ3n) is 4.75. The first-order chi connectivity index (χ1) is 12.3. The number of benzene rings is 2. The Morgan fingerprint density at radius 2 is 1.88 bits per heavy atom. The molecule has 130 valence electrons. The number of hydrogen-bond acceptors (Lipinski definition) is 5. The van der Waals surface area contributed by atoms with Crippen LogP contribution in [0.2, 0.25) is 0 Å². The van der Waals surface area contributed by atoms with Gasteiger partial charge in [0.1, 0.15) is 11.3 Å². The van der Waals surface area contributed by atoms with E-state index in [1.54, 1.807) is 7.11 Å². The number of anilines is 1. The Labute approximate surface area is 147 Å². The molecule has 5 heteroatoms. The van der Waals surface area contributed by atoms with Crippen LogP contribution < -0.4 is 10.1 Å². The average Bonchev–Trinajstić information content (AvgIpc) is 3.06. The van der Waals surface area contributed by atoms with Gasteiger partial charge >= 0.3 is 0 Å². The topological polar surface area (TPSA) is 50.5 Å². The van der Waals surface area contributed by atoms with Crippen LogP contribution in [0.3, 0.4) is 0 Å². The zero-order chi connectivity index (χ0) is 17.1. The number of fused-ring (bicyclic) bond motifs is 1. The number of hydrogen-bond donors (Lipinski definition) is 1. The van der Waals surface area contributed by atoms with E-state index < -0.39 is 0 Å². The molecule has 1 fully saturated rings. The molecule has 25 heavy (non-hydrogen) atoms. The van der Waals surface area contributed by atoms with Gasteiger partial charge in [0.2, 0.25) is 5.89 Å². The van der Waals surface area contributed by atoms with Gasteiger partial charge in [-0.1, -0.05) is 12.1 Å². The molecule has 1 aliphatic heterocycles. The first kappa shape index (κ1) is 16.0. The van der Waals surface area contributed by atoms with Gasteiger partial charge in [0.25, 0.3) is 0 Å². The van der Waals surface area contributed by atoms with Crippen LogP contribution in [-0.4, -0.2) is 36.1 Å². The molecular formula is C20H23N3O2. The van der Waals surface area contributed by atoms with Crippen molar-refractivity contribution in [3.8, 4) is 5.75 Å². The zero-order valence-electron chi connectivity index (χ0n) is 14.4. The van der Waals surface area contributed by atoms with Gasteiger partial charge in [-0.3, -0.25) is 4.90 Å². The minimum absolute atomic E-state index is 0.508. The Balaban J connectivity index is 1.30. The van der Waals surface area contributed by atoms with Crippen LogP contribution in [0, 0.1) is 0 Å². The number of methoxy groups -OCH3 is 1. The summed E-state index contributed by atoms with van der Waals surface area (Å²) >= 11 is 0. The van der Waals surface area contributed by atoms with Crippen molar-refractivity contribution in [3.05, 3.63) is 54.4 Å². The van der Waals surface area contributed by atoms with E-state index in [2.05, 4.69) is 27.3 Å². The molecule has 0 amide bonds. The van der Waals surface area contributed by atoms with Crippen molar-refractivity contribution in [1.29, 1.82) is 0 Å². The molecule has 0 atom stereocenters. The fourth-order valence-corrected chi connectivity index (χ4v) is 3.34. The third-order valence-corrected chi connectivity index (χ3v) is 4.75. The normalized spacial score (nSPS) is 16.2. The molecule has 5 nitrogen and oxygen atoms in total. The monoisotopic (exact) mass is 337 g/mol. The standard InChI is InChI=1S/C20H23N3O2/c1-24-17-8-6-15(7-9-17)21-16-10-12-23(13-11-16)14-20-22-18-4-2-3-5-19(18)25-20/h2-9,16,21H,10-14H2,1H3. The molecule has 3 aromatic rings. The Kier molecular flexibility index (Phi) is 4.57. The summed E-state index contributed by atoms with van der Waals surface area (Å²) in [5.74, 6) is 1.70. The van der Waals surface area contributed by atoms with Gasteiger partial charge in [-0.25, -0.2) is 4.98 Å². The Morgan fingerprint density at radius 1 is 1.12 bits per heavy atom.